The first-order valence-corrected chi connectivity index (χ1v) is 6.71. The number of amidine groups is 1. The van der Waals surface area contributed by atoms with Gasteiger partial charge in [-0.2, -0.15) is 18.3 Å². The van der Waals surface area contributed by atoms with Crippen LogP contribution in [0, 0.1) is 25.2 Å². The number of alkyl halides is 3. The lowest BCUT2D eigenvalue weighted by molar-refractivity contribution is -0.176. The molecule has 1 atom stereocenters. The molecule has 0 amide bonds. The minimum absolute atomic E-state index is 0.119. The monoisotopic (exact) mass is 301 g/mol. The first kappa shape index (κ1) is 15.5. The molecule has 0 bridgehead atoms. The van der Waals surface area contributed by atoms with Crippen molar-refractivity contribution in [3.05, 3.63) is 16.8 Å². The van der Waals surface area contributed by atoms with Crippen LogP contribution in [0.2, 0.25) is 0 Å². The SMILES string of the molecule is Cc1nnc(N2CCCC(C(F)(F)F)C2)c(C(=N)N)c1C. The fraction of sp³-hybridized carbons (Fsp3) is 0.615. The number of nitrogens with two attached hydrogens (primary N) is 1. The Kier molecular flexibility index (Phi) is 4.06. The summed E-state index contributed by atoms with van der Waals surface area (Å²) in [6.45, 7) is 3.77. The number of aromatic nitrogens is 2. The minimum atomic E-state index is -4.22. The van der Waals surface area contributed by atoms with Crippen LogP contribution in [0.4, 0.5) is 19.0 Å². The van der Waals surface area contributed by atoms with Gasteiger partial charge in [-0.1, -0.05) is 0 Å². The van der Waals surface area contributed by atoms with Crippen molar-refractivity contribution in [2.45, 2.75) is 32.9 Å². The van der Waals surface area contributed by atoms with E-state index in [1.54, 1.807) is 13.8 Å². The number of hydrogen-bond acceptors (Lipinski definition) is 4. The molecule has 21 heavy (non-hydrogen) atoms. The number of aryl methyl sites for hydroxylation is 1. The van der Waals surface area contributed by atoms with Crippen LogP contribution in [0.1, 0.15) is 29.7 Å². The zero-order valence-corrected chi connectivity index (χ0v) is 12.0. The Morgan fingerprint density at radius 3 is 2.57 bits per heavy atom. The number of piperidine rings is 1. The number of hydrogen-bond donors (Lipinski definition) is 2. The lowest BCUT2D eigenvalue weighted by Crippen LogP contribution is -2.43. The van der Waals surface area contributed by atoms with Crippen molar-refractivity contribution in [1.82, 2.24) is 10.2 Å². The third-order valence-corrected chi connectivity index (χ3v) is 3.89. The predicted octanol–water partition coefficient (Wildman–Crippen LogP) is 2.16. The fourth-order valence-corrected chi connectivity index (χ4v) is 2.58. The van der Waals surface area contributed by atoms with E-state index in [1.165, 1.54) is 4.90 Å². The maximum absolute atomic E-state index is 12.9. The van der Waals surface area contributed by atoms with E-state index in [9.17, 15) is 13.2 Å². The van der Waals surface area contributed by atoms with Crippen LogP contribution < -0.4 is 10.6 Å². The second kappa shape index (κ2) is 5.50. The standard InChI is InChI=1S/C13H18F3N5/c1-7-8(2)19-20-12(10(7)11(17)18)21-5-3-4-9(6-21)13(14,15)16/h9H,3-6H2,1-2H3,(H3,17,18). The Bertz CT molecular complexity index is 555. The molecule has 0 saturated carbocycles. The summed E-state index contributed by atoms with van der Waals surface area (Å²) >= 11 is 0. The zero-order chi connectivity index (χ0) is 15.8. The predicted molar refractivity (Wildman–Crippen MR) is 73.5 cm³/mol. The highest BCUT2D eigenvalue weighted by Crippen LogP contribution is 2.35. The van der Waals surface area contributed by atoms with Gasteiger partial charge in [-0.05, 0) is 32.3 Å². The first-order valence-electron chi connectivity index (χ1n) is 6.71. The van der Waals surface area contributed by atoms with Crippen LogP contribution in [0.15, 0.2) is 0 Å². The minimum Gasteiger partial charge on any atom is -0.384 e. The Morgan fingerprint density at radius 1 is 1.33 bits per heavy atom. The number of nitrogens with one attached hydrogen (secondary N) is 1. The van der Waals surface area contributed by atoms with E-state index in [1.807, 2.05) is 0 Å². The number of nitrogens with zero attached hydrogens (tertiary/aromatic N) is 3. The molecule has 1 aromatic rings. The van der Waals surface area contributed by atoms with Crippen LogP contribution in [-0.2, 0) is 0 Å². The maximum atomic E-state index is 12.9. The van der Waals surface area contributed by atoms with Crippen LogP contribution in [0.5, 0.6) is 0 Å². The number of rotatable bonds is 2. The highest BCUT2D eigenvalue weighted by atomic mass is 19.4. The second-order valence-electron chi connectivity index (χ2n) is 5.35. The number of nitrogen functional groups attached to an aromatic ring is 1. The van der Waals surface area contributed by atoms with E-state index in [0.29, 0.717) is 29.8 Å². The van der Waals surface area contributed by atoms with Gasteiger partial charge in [-0.3, -0.25) is 5.41 Å². The Balaban J connectivity index is 2.38. The van der Waals surface area contributed by atoms with E-state index in [-0.39, 0.29) is 24.6 Å². The molecule has 1 fully saturated rings. The maximum Gasteiger partial charge on any atom is 0.393 e. The molecule has 0 radical (unpaired) electrons. The van der Waals surface area contributed by atoms with Crippen molar-refractivity contribution in [1.29, 1.82) is 5.41 Å². The molecule has 116 valence electrons. The van der Waals surface area contributed by atoms with Crippen molar-refractivity contribution < 1.29 is 13.2 Å². The number of anilines is 1. The Hall–Kier alpha value is -1.86. The second-order valence-corrected chi connectivity index (χ2v) is 5.35. The van der Waals surface area contributed by atoms with Gasteiger partial charge in [0.25, 0.3) is 0 Å². The van der Waals surface area contributed by atoms with Gasteiger partial charge >= 0.3 is 6.18 Å². The van der Waals surface area contributed by atoms with E-state index >= 15 is 0 Å². The van der Waals surface area contributed by atoms with Gasteiger partial charge in [0.15, 0.2) is 5.82 Å². The van der Waals surface area contributed by atoms with E-state index in [0.717, 1.165) is 0 Å². The van der Waals surface area contributed by atoms with Gasteiger partial charge < -0.3 is 10.6 Å². The summed E-state index contributed by atoms with van der Waals surface area (Å²) in [5.74, 6) is -1.30. The molecular weight excluding hydrogens is 283 g/mol. The number of halogens is 3. The summed E-state index contributed by atoms with van der Waals surface area (Å²) in [5, 5.41) is 15.6. The van der Waals surface area contributed by atoms with Crippen molar-refractivity contribution in [2.75, 3.05) is 18.0 Å². The third-order valence-electron chi connectivity index (χ3n) is 3.89. The van der Waals surface area contributed by atoms with Gasteiger partial charge in [0.1, 0.15) is 5.84 Å². The Morgan fingerprint density at radius 2 is 2.00 bits per heavy atom. The lowest BCUT2D eigenvalue weighted by atomic mass is 9.96. The molecule has 1 aliphatic rings. The highest BCUT2D eigenvalue weighted by Gasteiger charge is 2.42. The average molecular weight is 301 g/mol. The molecule has 0 aromatic carbocycles. The lowest BCUT2D eigenvalue weighted by Gasteiger charge is -2.35. The molecule has 0 aliphatic carbocycles. The molecule has 1 aliphatic heterocycles. The summed E-state index contributed by atoms with van der Waals surface area (Å²) in [6, 6.07) is 0. The van der Waals surface area contributed by atoms with Crippen molar-refractivity contribution >= 4 is 11.7 Å². The first-order chi connectivity index (χ1) is 9.71. The normalized spacial score (nSPS) is 19.7. The van der Waals surface area contributed by atoms with E-state index < -0.39 is 12.1 Å². The van der Waals surface area contributed by atoms with Crippen LogP contribution in [0.3, 0.4) is 0 Å². The molecule has 1 unspecified atom stereocenters. The van der Waals surface area contributed by atoms with Crippen molar-refractivity contribution in [3.8, 4) is 0 Å². The molecule has 0 spiro atoms. The summed E-state index contributed by atoms with van der Waals surface area (Å²) in [6.07, 6.45) is -3.67. The van der Waals surface area contributed by atoms with Crippen LogP contribution in [0.25, 0.3) is 0 Å². The molecule has 2 heterocycles. The summed E-state index contributed by atoms with van der Waals surface area (Å²) in [5.41, 5.74) is 7.26. The van der Waals surface area contributed by atoms with Gasteiger partial charge in [0, 0.05) is 13.1 Å². The molecule has 1 saturated heterocycles. The van der Waals surface area contributed by atoms with Gasteiger partial charge in [0.2, 0.25) is 0 Å². The summed E-state index contributed by atoms with van der Waals surface area (Å²) < 4.78 is 38.7. The van der Waals surface area contributed by atoms with Crippen molar-refractivity contribution in [2.24, 2.45) is 11.7 Å². The molecule has 5 nitrogen and oxygen atoms in total. The summed E-state index contributed by atoms with van der Waals surface area (Å²) in [7, 11) is 0. The zero-order valence-electron chi connectivity index (χ0n) is 12.0. The molecule has 1 aromatic heterocycles. The van der Waals surface area contributed by atoms with Crippen molar-refractivity contribution in [3.63, 3.8) is 0 Å². The van der Waals surface area contributed by atoms with E-state index in [2.05, 4.69) is 10.2 Å². The van der Waals surface area contributed by atoms with Crippen LogP contribution in [-0.4, -0.2) is 35.3 Å². The highest BCUT2D eigenvalue weighted by molar-refractivity contribution is 6.01. The summed E-state index contributed by atoms with van der Waals surface area (Å²) in [4.78, 5) is 1.54. The largest absolute Gasteiger partial charge is 0.393 e. The van der Waals surface area contributed by atoms with Crippen LogP contribution >= 0.6 is 0 Å². The smallest absolute Gasteiger partial charge is 0.384 e. The third kappa shape index (κ3) is 3.08. The molecule has 2 rings (SSSR count). The quantitative estimate of drug-likeness (QED) is 0.648. The van der Waals surface area contributed by atoms with Gasteiger partial charge in [0.05, 0.1) is 17.2 Å². The fourth-order valence-electron chi connectivity index (χ4n) is 2.58. The van der Waals surface area contributed by atoms with Gasteiger partial charge in [-0.15, -0.1) is 5.10 Å². The molecule has 8 heteroatoms. The molecule has 3 N–H and O–H groups in total. The average Bonchev–Trinajstić information content (AvgIpc) is 2.40. The molecular formula is C13H18F3N5. The Labute approximate surface area is 120 Å². The topological polar surface area (TPSA) is 78.9 Å². The van der Waals surface area contributed by atoms with E-state index in [4.69, 9.17) is 11.1 Å². The van der Waals surface area contributed by atoms with Gasteiger partial charge in [-0.25, -0.2) is 0 Å².